The van der Waals surface area contributed by atoms with Crippen molar-refractivity contribution in [2.45, 2.75) is 32.7 Å². The molecule has 2 N–H and O–H groups in total. The summed E-state index contributed by atoms with van der Waals surface area (Å²) in [5.41, 5.74) is 3.36. The average Bonchev–Trinajstić information content (AvgIpc) is 2.62. The van der Waals surface area contributed by atoms with Crippen LogP contribution in [0.4, 0.5) is 5.69 Å². The van der Waals surface area contributed by atoms with E-state index in [0.717, 1.165) is 24.3 Å². The molecule has 0 aliphatic carbocycles. The van der Waals surface area contributed by atoms with E-state index in [1.54, 1.807) is 14.2 Å². The highest BCUT2D eigenvalue weighted by atomic mass is 32.1. The molecule has 1 atom stereocenters. The maximum atomic E-state index is 5.44. The first-order valence-electron chi connectivity index (χ1n) is 8.45. The normalized spacial score (nSPS) is 11.5. The fraction of sp³-hybridized carbons (Fsp3) is 0.350. The Bertz CT molecular complexity index is 701. The lowest BCUT2D eigenvalue weighted by Gasteiger charge is -2.19. The number of ether oxygens (including phenoxy) is 2. The molecule has 0 bridgehead atoms. The summed E-state index contributed by atoms with van der Waals surface area (Å²) in [5.74, 6) is 1.42. The van der Waals surface area contributed by atoms with Crippen LogP contribution in [0.3, 0.4) is 0 Å². The summed E-state index contributed by atoms with van der Waals surface area (Å²) in [5, 5.41) is 7.04. The van der Waals surface area contributed by atoms with Gasteiger partial charge in [-0.05, 0) is 48.8 Å². The molecule has 2 rings (SSSR count). The van der Waals surface area contributed by atoms with Crippen LogP contribution >= 0.6 is 12.2 Å². The van der Waals surface area contributed by atoms with Crippen LogP contribution in [0.5, 0.6) is 11.5 Å². The molecule has 0 heterocycles. The second kappa shape index (κ2) is 9.28. The lowest BCUT2D eigenvalue weighted by molar-refractivity contribution is 0.395. The van der Waals surface area contributed by atoms with E-state index in [0.29, 0.717) is 10.9 Å². The second-order valence-electron chi connectivity index (χ2n) is 5.88. The van der Waals surface area contributed by atoms with Crippen LogP contribution in [0.25, 0.3) is 0 Å². The minimum absolute atomic E-state index is 0.111. The van der Waals surface area contributed by atoms with Gasteiger partial charge in [-0.2, -0.15) is 0 Å². The molecule has 134 valence electrons. The Hall–Kier alpha value is -2.27. The number of benzene rings is 2. The standard InChI is InChI=1S/C20H26N2O2S/c1-5-6-15-7-9-16(10-8-15)14(2)21-20(25)22-18-12-11-17(23-3)13-19(18)24-4/h7-14H,5-6H2,1-4H3,(H2,21,22,25). The van der Waals surface area contributed by atoms with Gasteiger partial charge in [-0.1, -0.05) is 37.6 Å². The van der Waals surface area contributed by atoms with Crippen LogP contribution in [-0.2, 0) is 6.42 Å². The number of methoxy groups -OCH3 is 2. The number of hydrogen-bond donors (Lipinski definition) is 2. The lowest BCUT2D eigenvalue weighted by Crippen LogP contribution is -2.31. The molecule has 0 aliphatic rings. The van der Waals surface area contributed by atoms with E-state index >= 15 is 0 Å². The molecule has 4 nitrogen and oxygen atoms in total. The third-order valence-corrected chi connectivity index (χ3v) is 4.24. The fourth-order valence-electron chi connectivity index (χ4n) is 2.60. The van der Waals surface area contributed by atoms with Gasteiger partial charge in [0.2, 0.25) is 0 Å². The second-order valence-corrected chi connectivity index (χ2v) is 6.29. The molecule has 0 saturated carbocycles. The summed E-state index contributed by atoms with van der Waals surface area (Å²) >= 11 is 5.44. The van der Waals surface area contributed by atoms with Gasteiger partial charge in [-0.25, -0.2) is 0 Å². The number of hydrogen-bond acceptors (Lipinski definition) is 3. The summed E-state index contributed by atoms with van der Waals surface area (Å²) in [6, 6.07) is 14.3. The van der Waals surface area contributed by atoms with Gasteiger partial charge in [0, 0.05) is 6.07 Å². The molecule has 0 fully saturated rings. The first-order chi connectivity index (χ1) is 12.1. The third kappa shape index (κ3) is 5.36. The third-order valence-electron chi connectivity index (χ3n) is 4.02. The van der Waals surface area contributed by atoms with Gasteiger partial charge >= 0.3 is 0 Å². The summed E-state index contributed by atoms with van der Waals surface area (Å²) < 4.78 is 10.6. The maximum absolute atomic E-state index is 5.44. The highest BCUT2D eigenvalue weighted by Gasteiger charge is 2.10. The molecular formula is C20H26N2O2S. The summed E-state index contributed by atoms with van der Waals surface area (Å²) in [4.78, 5) is 0. The Kier molecular flexibility index (Phi) is 7.07. The SMILES string of the molecule is CCCc1ccc(C(C)NC(=S)Nc2ccc(OC)cc2OC)cc1. The van der Waals surface area contributed by atoms with Crippen LogP contribution in [0.15, 0.2) is 42.5 Å². The van der Waals surface area contributed by atoms with Crippen molar-refractivity contribution in [1.29, 1.82) is 0 Å². The Morgan fingerprint density at radius 2 is 1.80 bits per heavy atom. The van der Waals surface area contributed by atoms with Crippen molar-refractivity contribution in [3.63, 3.8) is 0 Å². The summed E-state index contributed by atoms with van der Waals surface area (Å²) in [7, 11) is 3.25. The van der Waals surface area contributed by atoms with Crippen LogP contribution in [0.1, 0.15) is 37.4 Å². The van der Waals surface area contributed by atoms with E-state index in [1.807, 2.05) is 18.2 Å². The Morgan fingerprint density at radius 1 is 1.08 bits per heavy atom. The zero-order chi connectivity index (χ0) is 18.2. The van der Waals surface area contributed by atoms with Crippen molar-refractivity contribution < 1.29 is 9.47 Å². The molecule has 25 heavy (non-hydrogen) atoms. The van der Waals surface area contributed by atoms with Gasteiger partial charge in [-0.3, -0.25) is 0 Å². The number of nitrogens with one attached hydrogen (secondary N) is 2. The van der Waals surface area contributed by atoms with Crippen molar-refractivity contribution in [2.24, 2.45) is 0 Å². The van der Waals surface area contributed by atoms with Crippen LogP contribution in [-0.4, -0.2) is 19.3 Å². The minimum atomic E-state index is 0.111. The van der Waals surface area contributed by atoms with Gasteiger partial charge in [0.25, 0.3) is 0 Å². The maximum Gasteiger partial charge on any atom is 0.171 e. The molecule has 2 aromatic carbocycles. The lowest BCUT2D eigenvalue weighted by atomic mass is 10.0. The van der Waals surface area contributed by atoms with Gasteiger partial charge in [0.05, 0.1) is 25.9 Å². The highest BCUT2D eigenvalue weighted by Crippen LogP contribution is 2.29. The van der Waals surface area contributed by atoms with E-state index in [9.17, 15) is 0 Å². The summed E-state index contributed by atoms with van der Waals surface area (Å²) in [6.07, 6.45) is 2.27. The van der Waals surface area contributed by atoms with E-state index in [2.05, 4.69) is 48.7 Å². The molecule has 0 saturated heterocycles. The molecule has 0 aliphatic heterocycles. The van der Waals surface area contributed by atoms with Crippen LogP contribution in [0.2, 0.25) is 0 Å². The quantitative estimate of drug-likeness (QED) is 0.702. The Balaban J connectivity index is 1.99. The molecule has 0 aromatic heterocycles. The highest BCUT2D eigenvalue weighted by molar-refractivity contribution is 7.80. The number of rotatable bonds is 7. The zero-order valence-corrected chi connectivity index (χ0v) is 16.1. The first kappa shape index (κ1) is 19.1. The number of aryl methyl sites for hydroxylation is 1. The fourth-order valence-corrected chi connectivity index (χ4v) is 2.89. The molecule has 5 heteroatoms. The number of thiocarbonyl (C=S) groups is 1. The van der Waals surface area contributed by atoms with Crippen molar-refractivity contribution in [1.82, 2.24) is 5.32 Å². The first-order valence-corrected chi connectivity index (χ1v) is 8.86. The van der Waals surface area contributed by atoms with Crippen molar-refractivity contribution in [3.05, 3.63) is 53.6 Å². The van der Waals surface area contributed by atoms with E-state index in [4.69, 9.17) is 21.7 Å². The van der Waals surface area contributed by atoms with E-state index in [-0.39, 0.29) is 6.04 Å². The van der Waals surface area contributed by atoms with Crippen molar-refractivity contribution >= 4 is 23.0 Å². The van der Waals surface area contributed by atoms with E-state index < -0.39 is 0 Å². The molecule has 1 unspecified atom stereocenters. The summed E-state index contributed by atoms with van der Waals surface area (Å²) in [6.45, 7) is 4.28. The van der Waals surface area contributed by atoms with Crippen molar-refractivity contribution in [2.75, 3.05) is 19.5 Å². The van der Waals surface area contributed by atoms with Crippen molar-refractivity contribution in [3.8, 4) is 11.5 Å². The monoisotopic (exact) mass is 358 g/mol. The molecule has 0 radical (unpaired) electrons. The Morgan fingerprint density at radius 3 is 2.40 bits per heavy atom. The van der Waals surface area contributed by atoms with Crippen LogP contribution < -0.4 is 20.1 Å². The zero-order valence-electron chi connectivity index (χ0n) is 15.3. The van der Waals surface area contributed by atoms with Crippen LogP contribution in [0, 0.1) is 0 Å². The largest absolute Gasteiger partial charge is 0.497 e. The Labute approximate surface area is 155 Å². The minimum Gasteiger partial charge on any atom is -0.497 e. The topological polar surface area (TPSA) is 42.5 Å². The molecule has 2 aromatic rings. The van der Waals surface area contributed by atoms with Gasteiger partial charge in [-0.15, -0.1) is 0 Å². The molecule has 0 amide bonds. The van der Waals surface area contributed by atoms with Gasteiger partial charge < -0.3 is 20.1 Å². The molecular weight excluding hydrogens is 332 g/mol. The number of anilines is 1. The van der Waals surface area contributed by atoms with Gasteiger partial charge in [0.15, 0.2) is 5.11 Å². The van der Waals surface area contributed by atoms with Gasteiger partial charge in [0.1, 0.15) is 11.5 Å². The predicted molar refractivity (Wildman–Crippen MR) is 108 cm³/mol. The molecule has 0 spiro atoms. The van der Waals surface area contributed by atoms with E-state index in [1.165, 1.54) is 11.1 Å². The smallest absolute Gasteiger partial charge is 0.171 e. The average molecular weight is 359 g/mol. The predicted octanol–water partition coefficient (Wildman–Crippen LogP) is 4.70.